The van der Waals surface area contributed by atoms with Crippen molar-refractivity contribution in [2.24, 2.45) is 0 Å². The summed E-state index contributed by atoms with van der Waals surface area (Å²) in [7, 11) is 0. The topological polar surface area (TPSA) is 32.7 Å². The molecule has 1 saturated heterocycles. The highest BCUT2D eigenvalue weighted by molar-refractivity contribution is 5.36. The Kier molecular flexibility index (Phi) is 4.17. The van der Waals surface area contributed by atoms with E-state index in [0.717, 1.165) is 38.1 Å². The first-order valence-electron chi connectivity index (χ1n) is 8.47. The minimum atomic E-state index is -0.373. The SMILES string of the molecule is OC1c2ccccc2CC1N1CCOC(Cc2ccccc2)C1. The Labute approximate surface area is 137 Å². The van der Waals surface area contributed by atoms with Crippen molar-refractivity contribution in [3.63, 3.8) is 0 Å². The summed E-state index contributed by atoms with van der Waals surface area (Å²) in [5, 5.41) is 10.7. The van der Waals surface area contributed by atoms with Gasteiger partial charge in [0.2, 0.25) is 0 Å². The zero-order valence-electron chi connectivity index (χ0n) is 13.3. The zero-order valence-corrected chi connectivity index (χ0v) is 13.3. The van der Waals surface area contributed by atoms with E-state index >= 15 is 0 Å². The molecule has 4 rings (SSSR count). The molecule has 1 aliphatic carbocycles. The van der Waals surface area contributed by atoms with Crippen molar-refractivity contribution in [2.75, 3.05) is 19.7 Å². The van der Waals surface area contributed by atoms with Crippen molar-refractivity contribution in [2.45, 2.75) is 31.1 Å². The lowest BCUT2D eigenvalue weighted by atomic mass is 10.0. The molecule has 0 amide bonds. The number of morpholine rings is 1. The lowest BCUT2D eigenvalue weighted by molar-refractivity contribution is -0.0610. The summed E-state index contributed by atoms with van der Waals surface area (Å²) in [6.45, 7) is 2.54. The summed E-state index contributed by atoms with van der Waals surface area (Å²) in [5.74, 6) is 0. The van der Waals surface area contributed by atoms with Crippen molar-refractivity contribution in [1.29, 1.82) is 0 Å². The first-order chi connectivity index (χ1) is 11.3. The van der Waals surface area contributed by atoms with Gasteiger partial charge in [-0.3, -0.25) is 4.90 Å². The maximum Gasteiger partial charge on any atom is 0.0951 e. The molecule has 120 valence electrons. The quantitative estimate of drug-likeness (QED) is 0.946. The van der Waals surface area contributed by atoms with Crippen molar-refractivity contribution >= 4 is 0 Å². The fourth-order valence-electron chi connectivity index (χ4n) is 3.93. The van der Waals surface area contributed by atoms with E-state index < -0.39 is 0 Å². The number of benzene rings is 2. The maximum absolute atomic E-state index is 10.7. The van der Waals surface area contributed by atoms with Gasteiger partial charge >= 0.3 is 0 Å². The summed E-state index contributed by atoms with van der Waals surface area (Å²) in [4.78, 5) is 2.42. The molecule has 0 spiro atoms. The first kappa shape index (κ1) is 14.9. The lowest BCUT2D eigenvalue weighted by Crippen LogP contribution is -2.49. The highest BCUT2D eigenvalue weighted by atomic mass is 16.5. The van der Waals surface area contributed by atoms with E-state index in [4.69, 9.17) is 4.74 Å². The second-order valence-corrected chi connectivity index (χ2v) is 6.59. The Bertz CT molecular complexity index is 658. The van der Waals surface area contributed by atoms with Crippen LogP contribution in [0.25, 0.3) is 0 Å². The van der Waals surface area contributed by atoms with Gasteiger partial charge in [-0.1, -0.05) is 54.6 Å². The van der Waals surface area contributed by atoms with Gasteiger partial charge in [0.05, 0.1) is 18.8 Å². The molecule has 2 aromatic carbocycles. The second kappa shape index (κ2) is 6.44. The minimum absolute atomic E-state index is 0.189. The van der Waals surface area contributed by atoms with Gasteiger partial charge in [0.1, 0.15) is 0 Å². The fraction of sp³-hybridized carbons (Fsp3) is 0.400. The van der Waals surface area contributed by atoms with Crippen LogP contribution in [0.4, 0.5) is 0 Å². The Morgan fingerprint density at radius 1 is 1.04 bits per heavy atom. The molecule has 1 aliphatic heterocycles. The van der Waals surface area contributed by atoms with E-state index in [-0.39, 0.29) is 18.2 Å². The average Bonchev–Trinajstić information content (AvgIpc) is 2.93. The van der Waals surface area contributed by atoms with Crippen LogP contribution in [0.5, 0.6) is 0 Å². The highest BCUT2D eigenvalue weighted by Gasteiger charge is 2.37. The first-order valence-corrected chi connectivity index (χ1v) is 8.47. The largest absolute Gasteiger partial charge is 0.387 e. The third-order valence-corrected chi connectivity index (χ3v) is 5.11. The summed E-state index contributed by atoms with van der Waals surface area (Å²) < 4.78 is 5.96. The Morgan fingerprint density at radius 3 is 2.65 bits per heavy atom. The highest BCUT2D eigenvalue weighted by Crippen LogP contribution is 2.35. The van der Waals surface area contributed by atoms with Crippen LogP contribution < -0.4 is 0 Å². The van der Waals surface area contributed by atoms with Crippen molar-refractivity contribution in [1.82, 2.24) is 4.90 Å². The maximum atomic E-state index is 10.7. The molecular formula is C20H23NO2. The van der Waals surface area contributed by atoms with Gasteiger partial charge in [0.15, 0.2) is 0 Å². The Morgan fingerprint density at radius 2 is 1.83 bits per heavy atom. The number of aliphatic hydroxyl groups excluding tert-OH is 1. The van der Waals surface area contributed by atoms with Gasteiger partial charge in [-0.15, -0.1) is 0 Å². The van der Waals surface area contributed by atoms with Crippen LogP contribution in [0.2, 0.25) is 0 Å². The number of rotatable bonds is 3. The number of nitrogens with zero attached hydrogens (tertiary/aromatic N) is 1. The van der Waals surface area contributed by atoms with E-state index in [1.165, 1.54) is 11.1 Å². The van der Waals surface area contributed by atoms with Crippen LogP contribution in [0.3, 0.4) is 0 Å². The molecule has 3 heteroatoms. The molecule has 3 unspecified atom stereocenters. The van der Waals surface area contributed by atoms with E-state index in [1.807, 2.05) is 12.1 Å². The normalized spacial score (nSPS) is 27.8. The van der Waals surface area contributed by atoms with Crippen LogP contribution in [-0.2, 0) is 17.6 Å². The molecule has 0 radical (unpaired) electrons. The predicted molar refractivity (Wildman–Crippen MR) is 90.4 cm³/mol. The monoisotopic (exact) mass is 309 g/mol. The van der Waals surface area contributed by atoms with E-state index in [0.29, 0.717) is 0 Å². The van der Waals surface area contributed by atoms with Crippen LogP contribution in [-0.4, -0.2) is 41.8 Å². The molecule has 1 heterocycles. The van der Waals surface area contributed by atoms with Gasteiger partial charge in [0.25, 0.3) is 0 Å². The van der Waals surface area contributed by atoms with E-state index in [9.17, 15) is 5.11 Å². The number of hydrogen-bond donors (Lipinski definition) is 1. The number of aliphatic hydroxyl groups is 1. The van der Waals surface area contributed by atoms with Gasteiger partial charge in [0, 0.05) is 19.1 Å². The van der Waals surface area contributed by atoms with Crippen molar-refractivity contribution in [3.8, 4) is 0 Å². The minimum Gasteiger partial charge on any atom is -0.387 e. The van der Waals surface area contributed by atoms with Crippen LogP contribution in [0.15, 0.2) is 54.6 Å². The molecule has 2 aromatic rings. The van der Waals surface area contributed by atoms with Crippen LogP contribution >= 0.6 is 0 Å². The molecule has 23 heavy (non-hydrogen) atoms. The molecule has 0 bridgehead atoms. The molecular weight excluding hydrogens is 286 g/mol. The molecule has 1 fully saturated rings. The van der Waals surface area contributed by atoms with Gasteiger partial charge in [-0.25, -0.2) is 0 Å². The molecule has 3 atom stereocenters. The molecule has 2 aliphatic rings. The fourth-order valence-corrected chi connectivity index (χ4v) is 3.93. The van der Waals surface area contributed by atoms with Crippen LogP contribution in [0.1, 0.15) is 22.8 Å². The van der Waals surface area contributed by atoms with Gasteiger partial charge in [-0.2, -0.15) is 0 Å². The Balaban J connectivity index is 1.44. The third-order valence-electron chi connectivity index (χ3n) is 5.11. The number of hydrogen-bond acceptors (Lipinski definition) is 3. The molecule has 3 nitrogen and oxygen atoms in total. The average molecular weight is 309 g/mol. The van der Waals surface area contributed by atoms with Gasteiger partial charge < -0.3 is 9.84 Å². The van der Waals surface area contributed by atoms with Gasteiger partial charge in [-0.05, 0) is 29.5 Å². The smallest absolute Gasteiger partial charge is 0.0951 e. The van der Waals surface area contributed by atoms with E-state index in [2.05, 4.69) is 47.4 Å². The van der Waals surface area contributed by atoms with Crippen LogP contribution in [0, 0.1) is 0 Å². The molecule has 0 saturated carbocycles. The predicted octanol–water partition coefficient (Wildman–Crippen LogP) is 2.59. The number of ether oxygens (including phenoxy) is 1. The summed E-state index contributed by atoms with van der Waals surface area (Å²) in [6.07, 6.45) is 1.71. The third kappa shape index (κ3) is 3.05. The van der Waals surface area contributed by atoms with Crippen molar-refractivity contribution in [3.05, 3.63) is 71.3 Å². The van der Waals surface area contributed by atoms with Crippen molar-refractivity contribution < 1.29 is 9.84 Å². The summed E-state index contributed by atoms with van der Waals surface area (Å²) in [5.41, 5.74) is 3.70. The second-order valence-electron chi connectivity index (χ2n) is 6.59. The Hall–Kier alpha value is -1.68. The van der Waals surface area contributed by atoms with E-state index in [1.54, 1.807) is 0 Å². The number of fused-ring (bicyclic) bond motifs is 1. The molecule has 0 aromatic heterocycles. The molecule has 1 N–H and O–H groups in total. The standard InChI is InChI=1S/C20H23NO2/c22-20-18-9-5-4-8-16(18)13-19(20)21-10-11-23-17(14-21)12-15-6-2-1-3-7-15/h1-9,17,19-20,22H,10-14H2. The zero-order chi connectivity index (χ0) is 15.6. The summed E-state index contributed by atoms with van der Waals surface area (Å²) >= 11 is 0. The summed E-state index contributed by atoms with van der Waals surface area (Å²) in [6, 6.07) is 19.0. The lowest BCUT2D eigenvalue weighted by Gasteiger charge is -2.38.